The number of nitro groups is 1. The fourth-order valence-electron chi connectivity index (χ4n) is 3.60. The van der Waals surface area contributed by atoms with E-state index in [9.17, 15) is 28.1 Å². The summed E-state index contributed by atoms with van der Waals surface area (Å²) in [5.41, 5.74) is 7.28. The van der Waals surface area contributed by atoms with Gasteiger partial charge in [0.1, 0.15) is 18.0 Å². The quantitative estimate of drug-likeness (QED) is 0.139. The normalized spacial score (nSPS) is 25.1. The molecule has 194 valence electrons. The molecule has 0 radical (unpaired) electrons. The van der Waals surface area contributed by atoms with Crippen molar-refractivity contribution in [3.05, 3.63) is 69.8 Å². The lowest BCUT2D eigenvalue weighted by Gasteiger charge is -2.55. The van der Waals surface area contributed by atoms with Crippen molar-refractivity contribution in [3.8, 4) is 0 Å². The second-order valence-corrected chi connectivity index (χ2v) is 11.9. The number of ether oxygens (including phenoxy) is 1. The zero-order valence-corrected chi connectivity index (χ0v) is 21.6. The van der Waals surface area contributed by atoms with Crippen LogP contribution in [0.3, 0.4) is 0 Å². The molecule has 0 spiro atoms. The summed E-state index contributed by atoms with van der Waals surface area (Å²) in [7, 11) is -4.02. The van der Waals surface area contributed by atoms with Crippen LogP contribution >= 0.6 is 23.4 Å². The van der Waals surface area contributed by atoms with E-state index in [2.05, 4.69) is 0 Å². The molecule has 14 heteroatoms. The number of carbonyl (C=O) groups is 2. The highest BCUT2D eigenvalue weighted by molar-refractivity contribution is 8.00. The van der Waals surface area contributed by atoms with Crippen molar-refractivity contribution in [1.82, 2.24) is 4.90 Å². The third-order valence-electron chi connectivity index (χ3n) is 5.58. The smallest absolute Gasteiger partial charge is 0.331 e. The summed E-state index contributed by atoms with van der Waals surface area (Å²) in [5.74, 6) is -0.462. The van der Waals surface area contributed by atoms with Gasteiger partial charge in [0, 0.05) is 17.9 Å². The molecule has 2 aromatic rings. The number of nitrogens with zero attached hydrogens (tertiary/aromatic N) is 2. The highest BCUT2D eigenvalue weighted by Crippen LogP contribution is 2.44. The number of aryl methyl sites for hydroxylation is 1. The molecule has 0 saturated carbocycles. The first-order chi connectivity index (χ1) is 16.7. The zero-order valence-electron chi connectivity index (χ0n) is 19.2. The molecule has 2 fully saturated rings. The van der Waals surface area contributed by atoms with Crippen molar-refractivity contribution in [2.45, 2.75) is 47.7 Å². The molecule has 4 rings (SSSR count). The number of hydrogen-bond donors (Lipinski definition) is 2. The monoisotopic (exact) mass is 557 g/mol. The first kappa shape index (κ1) is 27.9. The largest absolute Gasteiger partial charge is 0.459 e. The molecule has 3 N–H and O–H groups in total. The first-order valence-corrected chi connectivity index (χ1v) is 13.4. The number of amides is 1. The maximum atomic E-state index is 12.5. The van der Waals surface area contributed by atoms with Crippen LogP contribution in [0.2, 0.25) is 0 Å². The van der Waals surface area contributed by atoms with Crippen molar-refractivity contribution in [2.24, 2.45) is 5.73 Å². The molecule has 36 heavy (non-hydrogen) atoms. The molecule has 1 amide bonds. The van der Waals surface area contributed by atoms with Gasteiger partial charge in [-0.05, 0) is 43.7 Å². The Labute approximate surface area is 216 Å². The summed E-state index contributed by atoms with van der Waals surface area (Å²) in [6.45, 7) is 3.46. The van der Waals surface area contributed by atoms with Crippen molar-refractivity contribution in [2.75, 3.05) is 5.75 Å². The Morgan fingerprint density at radius 2 is 1.86 bits per heavy atom. The van der Waals surface area contributed by atoms with E-state index in [-0.39, 0.29) is 28.5 Å². The van der Waals surface area contributed by atoms with Gasteiger partial charge in [0.25, 0.3) is 15.8 Å². The Morgan fingerprint density at radius 1 is 1.28 bits per heavy atom. The number of nitro benzene ring substituents is 1. The first-order valence-electron chi connectivity index (χ1n) is 10.5. The molecule has 2 heterocycles. The van der Waals surface area contributed by atoms with Gasteiger partial charge in [-0.2, -0.15) is 8.42 Å². The lowest BCUT2D eigenvalue weighted by Crippen LogP contribution is -2.77. The van der Waals surface area contributed by atoms with E-state index in [0.29, 0.717) is 11.3 Å². The second kappa shape index (κ2) is 10.7. The summed E-state index contributed by atoms with van der Waals surface area (Å²) in [5, 5.41) is 10.4. The van der Waals surface area contributed by atoms with Gasteiger partial charge in [0.15, 0.2) is 6.04 Å². The molecule has 0 unspecified atom stereocenters. The number of nitrogens with two attached hydrogens (primary N) is 1. The van der Waals surface area contributed by atoms with Crippen molar-refractivity contribution >= 4 is 51.0 Å². The Morgan fingerprint density at radius 3 is 2.39 bits per heavy atom. The van der Waals surface area contributed by atoms with E-state index >= 15 is 0 Å². The predicted octanol–water partition coefficient (Wildman–Crippen LogP) is 2.49. The van der Waals surface area contributed by atoms with Gasteiger partial charge in [-0.25, -0.2) is 4.79 Å². The molecule has 0 aromatic heterocycles. The van der Waals surface area contributed by atoms with E-state index in [1.807, 2.05) is 6.92 Å². The Kier molecular flexibility index (Phi) is 8.30. The zero-order chi connectivity index (χ0) is 26.8. The molecular formula is C22H24ClN3O8S2. The summed E-state index contributed by atoms with van der Waals surface area (Å²) < 4.78 is 34.9. The number of carbonyl (C=O) groups excluding carboxylic acids is 2. The molecule has 2 aliphatic rings. The number of hydrogen-bond acceptors (Lipinski definition) is 9. The van der Waals surface area contributed by atoms with Gasteiger partial charge in [-0.3, -0.25) is 19.5 Å². The van der Waals surface area contributed by atoms with Gasteiger partial charge >= 0.3 is 5.97 Å². The number of fused-ring (bicyclic) bond motifs is 1. The van der Waals surface area contributed by atoms with Crippen LogP contribution in [0.1, 0.15) is 18.1 Å². The van der Waals surface area contributed by atoms with Crippen molar-refractivity contribution in [3.63, 3.8) is 0 Å². The average molecular weight is 558 g/mol. The van der Waals surface area contributed by atoms with Crippen molar-refractivity contribution in [1.29, 1.82) is 0 Å². The molecule has 0 aliphatic carbocycles. The number of alkyl halides is 1. The lowest BCUT2D eigenvalue weighted by atomic mass is 9.94. The van der Waals surface area contributed by atoms with Gasteiger partial charge < -0.3 is 15.4 Å². The Hall–Kier alpha value is -2.71. The second-order valence-electron chi connectivity index (χ2n) is 8.47. The standard InChI is InChI=1S/C15H16ClN3O5S.C7H8O3S/c1-15(16)7-25-13-10(17)12(20)18(13)11(15)14(21)24-6-8-2-4-9(5-3-8)19(22)23;1-6-2-4-7(5-3-6)11(8,9)10/h2-5,10-11,13H,6-7,17H2,1H3;2-5H,1H3,(H,8,9,10)/t10-,11+,13-,15-;/m1./s1. The summed E-state index contributed by atoms with van der Waals surface area (Å²) in [4.78, 5) is 35.1. The van der Waals surface area contributed by atoms with Crippen LogP contribution in [-0.2, 0) is 31.1 Å². The van der Waals surface area contributed by atoms with Gasteiger partial charge in [-0.15, -0.1) is 23.4 Å². The molecule has 11 nitrogen and oxygen atoms in total. The van der Waals surface area contributed by atoms with Crippen LogP contribution in [0.5, 0.6) is 0 Å². The van der Waals surface area contributed by atoms with Crippen LogP contribution in [0.15, 0.2) is 53.4 Å². The van der Waals surface area contributed by atoms with Crippen molar-refractivity contribution < 1.29 is 32.2 Å². The maximum absolute atomic E-state index is 12.5. The maximum Gasteiger partial charge on any atom is 0.331 e. The van der Waals surface area contributed by atoms with Crippen LogP contribution in [0.25, 0.3) is 0 Å². The number of non-ortho nitro benzene ring substituents is 1. The molecular weight excluding hydrogens is 534 g/mol. The number of thioether (sulfide) groups is 1. The van der Waals surface area contributed by atoms with E-state index in [1.54, 1.807) is 19.1 Å². The number of benzene rings is 2. The Bertz CT molecular complexity index is 1250. The highest BCUT2D eigenvalue weighted by Gasteiger charge is 2.60. The van der Waals surface area contributed by atoms with Gasteiger partial charge in [0.05, 0.1) is 14.7 Å². The summed E-state index contributed by atoms with van der Waals surface area (Å²) in [6, 6.07) is 10.1. The molecule has 4 atom stereocenters. The van der Waals surface area contributed by atoms with Crippen LogP contribution in [0, 0.1) is 17.0 Å². The number of esters is 1. The van der Waals surface area contributed by atoms with Crippen LogP contribution < -0.4 is 5.73 Å². The molecule has 2 saturated heterocycles. The van der Waals surface area contributed by atoms with Crippen LogP contribution in [0.4, 0.5) is 5.69 Å². The SMILES string of the molecule is C[C@@]1(Cl)CS[C@@H]2[C@H](N)C(=O)N2[C@H]1C(=O)OCc1ccc([N+](=O)[O-])cc1.Cc1ccc(S(=O)(=O)O)cc1. The molecule has 2 aromatic carbocycles. The molecule has 2 aliphatic heterocycles. The minimum Gasteiger partial charge on any atom is -0.459 e. The summed E-state index contributed by atoms with van der Waals surface area (Å²) in [6.07, 6.45) is 0. The fraction of sp³-hybridized carbons (Fsp3) is 0.364. The van der Waals surface area contributed by atoms with Gasteiger partial charge in [0.2, 0.25) is 5.91 Å². The fourth-order valence-corrected chi connectivity index (χ4v) is 5.83. The van der Waals surface area contributed by atoms with E-state index in [4.69, 9.17) is 26.6 Å². The minimum atomic E-state index is -4.02. The highest BCUT2D eigenvalue weighted by atomic mass is 35.5. The predicted molar refractivity (Wildman–Crippen MR) is 133 cm³/mol. The number of β-lactam (4-membered cyclic amide) rings is 1. The lowest BCUT2D eigenvalue weighted by molar-refractivity contribution is -0.384. The van der Waals surface area contributed by atoms with E-state index in [0.717, 1.165) is 5.56 Å². The Balaban J connectivity index is 0.000000275. The van der Waals surface area contributed by atoms with Crippen LogP contribution in [-0.4, -0.2) is 62.8 Å². The van der Waals surface area contributed by atoms with Gasteiger partial charge in [-0.1, -0.05) is 17.7 Å². The number of rotatable bonds is 5. The van der Waals surface area contributed by atoms with E-state index < -0.39 is 38.0 Å². The third kappa shape index (κ3) is 6.16. The number of halogens is 1. The minimum absolute atomic E-state index is 0.0456. The molecule has 0 bridgehead atoms. The summed E-state index contributed by atoms with van der Waals surface area (Å²) >= 11 is 7.89. The topological polar surface area (TPSA) is 170 Å². The van der Waals surface area contributed by atoms with E-state index in [1.165, 1.54) is 53.1 Å². The third-order valence-corrected chi connectivity index (χ3v) is 8.57. The average Bonchev–Trinajstić information content (AvgIpc) is 2.81.